The molecule has 0 fully saturated rings. The van der Waals surface area contributed by atoms with Gasteiger partial charge in [-0.1, -0.05) is 84.9 Å². The van der Waals surface area contributed by atoms with Crippen molar-refractivity contribution < 1.29 is 59.4 Å². The first kappa shape index (κ1) is 93.7. The molecule has 0 spiro atoms. The zero-order chi connectivity index (χ0) is 88.6. The largest absolute Gasteiger partial charge is 0.480 e. The highest BCUT2D eigenvalue weighted by molar-refractivity contribution is 5.76. The van der Waals surface area contributed by atoms with E-state index in [0.717, 1.165) is 55.9 Å². The van der Waals surface area contributed by atoms with Gasteiger partial charge in [-0.2, -0.15) is 0 Å². The summed E-state index contributed by atoms with van der Waals surface area (Å²) in [5.74, 6) is -0.968. The van der Waals surface area contributed by atoms with E-state index in [1.54, 1.807) is 121 Å². The fraction of sp³-hybridized carbons (Fsp3) is 0.301. The fourth-order valence-electron chi connectivity index (χ4n) is 9.47. The molecule has 122 heavy (non-hydrogen) atoms. The molecule has 0 radical (unpaired) electrons. The number of rotatable bonds is 32. The highest BCUT2D eigenvalue weighted by Gasteiger charge is 2.19. The van der Waals surface area contributed by atoms with Crippen LogP contribution in [0.15, 0.2) is 128 Å². The predicted octanol–water partition coefficient (Wildman–Crippen LogP) is -0.801. The number of aromatic nitrogens is 27. The Morgan fingerprint density at radius 1 is 0.303 bits per heavy atom. The number of benzene rings is 3. The molecule has 636 valence electrons. The third kappa shape index (κ3) is 34.8. The first-order valence-electron chi connectivity index (χ1n) is 36.5. The lowest BCUT2D eigenvalue weighted by molar-refractivity contribution is -0.139. The quantitative estimate of drug-likeness (QED) is 0.0245. The summed E-state index contributed by atoms with van der Waals surface area (Å²) in [6.07, 6.45) is 6.66. The number of hydrogen-bond acceptors (Lipinski definition) is 43. The number of carboxylic acids is 6. The second-order valence-corrected chi connectivity index (χ2v) is 26.2. The summed E-state index contributed by atoms with van der Waals surface area (Å²) < 4.78 is 0. The maximum absolute atomic E-state index is 10.8. The Morgan fingerprint density at radius 3 is 1.04 bits per heavy atom. The van der Waals surface area contributed by atoms with E-state index in [0.29, 0.717) is 108 Å². The zero-order valence-corrected chi connectivity index (χ0v) is 66.3. The highest BCUT2D eigenvalue weighted by Crippen LogP contribution is 2.18. The van der Waals surface area contributed by atoms with Gasteiger partial charge >= 0.3 is 35.8 Å². The van der Waals surface area contributed by atoms with E-state index in [1.807, 2.05) is 48.5 Å². The standard InChI is InChI=1S/2C13H16N6O2.C12H15N7O2.C12H14N6O2.C12H13N5O2.C11H13N7O2/c1-8-16-18-13(19-17-8)15-7-10-4-2-9(3-5-10)6-11(14)12(20)21;1-8-16-18-13(19-17-8)15-7-10-4-2-3-9(5-10)6-11(14)12(20)21;1-7-16-18-12(19-17-7)15-6-9-3-2-8(5-14-9)4-10(13)11(20)21;1-7-15-17-11(18-16-7)5-9-3-2-8(6-14-9)4-10(13)12(19)20;1-7-14-16-11(17-15-7)9-4-2-8(3-5-9)6-10(13)12(18)19;1-6-15-17-11(18-16-6)14-7-2-3-13-8(4-7)5-9(12)10(19)20/h2*2-5,11H,6-7,14H2,1H3,(H,20,21)(H,15,18,19);2-3,5,10H,4,6,13H2,1H3,(H,20,21)(H,15,18,19);2-3,6,10H,4-5,13H2,1H3,(H,19,20);2-5,10H,6,13H2,1H3,(H,18,19);2-4,9H,5,12H2,1H3,(H,19,20)(H,13,14,17,18)/t2*11-;2*10-;;9-/m0000.0/s1. The maximum Gasteiger partial charge on any atom is 0.320 e. The minimum Gasteiger partial charge on any atom is -0.480 e. The normalized spacial score (nSPS) is 12.0. The molecule has 0 saturated heterocycles. The van der Waals surface area contributed by atoms with Gasteiger partial charge in [0.1, 0.15) is 36.3 Å². The number of nitrogens with zero attached hydrogens (tertiary/aromatic N) is 27. The molecule has 0 aliphatic heterocycles. The average molecular weight is 1670 g/mol. The lowest BCUT2D eigenvalue weighted by atomic mass is 10.0. The molecule has 6 atom stereocenters. The summed E-state index contributed by atoms with van der Waals surface area (Å²) in [6.45, 7) is 11.7. The first-order valence-corrected chi connectivity index (χ1v) is 36.5. The van der Waals surface area contributed by atoms with Crippen molar-refractivity contribution in [1.82, 2.24) is 137 Å². The Kier molecular flexibility index (Phi) is 37.1. The molecule has 1 unspecified atom stereocenters. The summed E-state index contributed by atoms with van der Waals surface area (Å²) in [4.78, 5) is 76.7. The second-order valence-electron chi connectivity index (χ2n) is 26.2. The number of nitrogens with one attached hydrogen (secondary N) is 4. The Balaban J connectivity index is 0.000000202. The van der Waals surface area contributed by atoms with E-state index >= 15 is 0 Å². The van der Waals surface area contributed by atoms with Crippen LogP contribution in [0.5, 0.6) is 0 Å². The maximum atomic E-state index is 10.8. The third-order valence-corrected chi connectivity index (χ3v) is 15.9. The summed E-state index contributed by atoms with van der Waals surface area (Å²) in [6, 6.07) is 27.2. The highest BCUT2D eigenvalue weighted by atomic mass is 16.4. The topological polar surface area (TPSA) is 776 Å². The molecule has 9 aromatic heterocycles. The van der Waals surface area contributed by atoms with E-state index in [9.17, 15) is 28.8 Å². The van der Waals surface area contributed by atoms with Crippen LogP contribution in [0, 0.1) is 41.5 Å². The van der Waals surface area contributed by atoms with Gasteiger partial charge in [-0.15, -0.1) is 122 Å². The zero-order valence-electron chi connectivity index (χ0n) is 66.3. The van der Waals surface area contributed by atoms with Crippen molar-refractivity contribution in [3.63, 3.8) is 0 Å². The van der Waals surface area contributed by atoms with Crippen LogP contribution in [-0.4, -0.2) is 240 Å². The first-order chi connectivity index (χ1) is 58.3. The van der Waals surface area contributed by atoms with Crippen LogP contribution in [0.4, 0.5) is 29.5 Å². The van der Waals surface area contributed by atoms with Gasteiger partial charge in [0.05, 0.1) is 18.7 Å². The number of anilines is 5. The molecule has 12 rings (SSSR count). The van der Waals surface area contributed by atoms with Crippen molar-refractivity contribution in [3.8, 4) is 11.4 Å². The van der Waals surface area contributed by atoms with Gasteiger partial charge in [-0.25, -0.2) is 0 Å². The van der Waals surface area contributed by atoms with E-state index < -0.39 is 72.1 Å². The molecule has 9 heterocycles. The van der Waals surface area contributed by atoms with Gasteiger partial charge in [-0.05, 0) is 137 Å². The summed E-state index contributed by atoms with van der Waals surface area (Å²) in [7, 11) is 0. The molecule has 0 amide bonds. The van der Waals surface area contributed by atoms with Crippen molar-refractivity contribution in [3.05, 3.63) is 225 Å². The summed E-state index contributed by atoms with van der Waals surface area (Å²) in [5.41, 5.74) is 42.5. The molecular formula is C73H87N37O12. The molecule has 3 aromatic carbocycles. The molecule has 0 aliphatic carbocycles. The monoisotopic (exact) mass is 1670 g/mol. The molecular weight excluding hydrogens is 1590 g/mol. The van der Waals surface area contributed by atoms with Gasteiger partial charge in [0.15, 0.2) is 40.8 Å². The molecule has 12 aromatic rings. The number of aliphatic carboxylic acids is 6. The number of nitrogens with two attached hydrogens (primary N) is 6. The molecule has 49 nitrogen and oxygen atoms in total. The third-order valence-electron chi connectivity index (χ3n) is 15.9. The number of hydrogen-bond donors (Lipinski definition) is 16. The minimum absolute atomic E-state index is 0.135. The van der Waals surface area contributed by atoms with Crippen LogP contribution in [0.25, 0.3) is 11.4 Å². The average Bonchev–Trinajstić information content (AvgIpc) is 0.861. The Morgan fingerprint density at radius 2 is 0.631 bits per heavy atom. The van der Waals surface area contributed by atoms with Crippen molar-refractivity contribution in [2.45, 2.75) is 142 Å². The Bertz CT molecular complexity index is 5160. The van der Waals surface area contributed by atoms with Crippen molar-refractivity contribution in [2.24, 2.45) is 34.4 Å². The lowest BCUT2D eigenvalue weighted by Gasteiger charge is -2.09. The molecule has 0 aliphatic rings. The van der Waals surface area contributed by atoms with E-state index in [2.05, 4.69) is 159 Å². The smallest absolute Gasteiger partial charge is 0.320 e. The van der Waals surface area contributed by atoms with E-state index in [4.69, 9.17) is 65.0 Å². The number of aryl methyl sites for hydroxylation is 6. The van der Waals surface area contributed by atoms with Crippen LogP contribution in [0.3, 0.4) is 0 Å². The van der Waals surface area contributed by atoms with Crippen molar-refractivity contribution in [2.75, 3.05) is 21.3 Å². The van der Waals surface area contributed by atoms with Crippen LogP contribution < -0.4 is 55.7 Å². The summed E-state index contributed by atoms with van der Waals surface area (Å²) >= 11 is 0. The fourth-order valence-corrected chi connectivity index (χ4v) is 9.47. The second kappa shape index (κ2) is 48.3. The Hall–Kier alpha value is -15.5. The van der Waals surface area contributed by atoms with Crippen LogP contribution in [0.2, 0.25) is 0 Å². The van der Waals surface area contributed by atoms with Crippen LogP contribution in [0.1, 0.15) is 96.8 Å². The lowest BCUT2D eigenvalue weighted by Crippen LogP contribution is -2.32. The van der Waals surface area contributed by atoms with Gasteiger partial charge in [0.2, 0.25) is 5.82 Å². The predicted molar refractivity (Wildman–Crippen MR) is 429 cm³/mol. The number of pyridine rings is 3. The van der Waals surface area contributed by atoms with Crippen molar-refractivity contribution in [1.29, 1.82) is 0 Å². The van der Waals surface area contributed by atoms with E-state index in [-0.39, 0.29) is 38.1 Å². The molecule has 0 saturated carbocycles. The van der Waals surface area contributed by atoms with Crippen molar-refractivity contribution >= 4 is 65.3 Å². The van der Waals surface area contributed by atoms with Gasteiger partial charge < -0.3 is 86.3 Å². The minimum atomic E-state index is -1.07. The molecule has 49 heteroatoms. The van der Waals surface area contributed by atoms with E-state index in [1.165, 1.54) is 0 Å². The molecule has 0 bridgehead atoms. The number of carbonyl (C=O) groups is 6. The Labute approximate surface area is 693 Å². The molecule has 22 N–H and O–H groups in total. The van der Waals surface area contributed by atoms with Crippen LogP contribution >= 0.6 is 0 Å². The van der Waals surface area contributed by atoms with Gasteiger partial charge in [0.25, 0.3) is 23.8 Å². The van der Waals surface area contributed by atoms with Gasteiger partial charge in [0, 0.05) is 60.7 Å². The number of carboxylic acid groups (broad SMARTS) is 6. The SMILES string of the molecule is Cc1nnc(-c2ccc(CC(N)C(=O)O)cc2)nn1.Cc1nnc(Cc2ccc(C[C@H](N)C(=O)O)cn2)nn1.Cc1nnc(NCc2ccc(C[C@H](N)C(=O)O)cc2)nn1.Cc1nnc(NCc2ccc(C[C@H](N)C(=O)O)cn2)nn1.Cc1nnc(NCc2cccc(C[C@H](N)C(=O)O)c2)nn1.Cc1nnc(Nc2ccnc(C[C@H](N)C(=O)O)c2)nn1. The summed E-state index contributed by atoms with van der Waals surface area (Å²) in [5, 5.41) is 156. The van der Waals surface area contributed by atoms with Gasteiger partial charge in [-0.3, -0.25) is 43.7 Å². The van der Waals surface area contributed by atoms with Crippen LogP contribution in [-0.2, 0) is 93.3 Å².